The van der Waals surface area contributed by atoms with Gasteiger partial charge in [0.15, 0.2) is 0 Å². The zero-order valence-corrected chi connectivity index (χ0v) is 13.0. The fourth-order valence-corrected chi connectivity index (χ4v) is 2.69. The number of carbonyl (C=O) groups excluding carboxylic acids is 2. The van der Waals surface area contributed by atoms with E-state index in [4.69, 9.17) is 4.52 Å². The maximum absolute atomic E-state index is 12.0. The van der Waals surface area contributed by atoms with Crippen LogP contribution in [0.5, 0.6) is 0 Å². The van der Waals surface area contributed by atoms with Crippen molar-refractivity contribution >= 4 is 11.8 Å². The van der Waals surface area contributed by atoms with Crippen molar-refractivity contribution in [3.05, 3.63) is 52.9 Å². The number of nitrogens with one attached hydrogen (secondary N) is 1. The third-order valence-corrected chi connectivity index (χ3v) is 3.94. The van der Waals surface area contributed by atoms with E-state index in [0.717, 1.165) is 24.1 Å². The number of aromatic nitrogens is 1. The van der Waals surface area contributed by atoms with Crippen molar-refractivity contribution in [2.75, 3.05) is 6.54 Å². The number of hydrogen-bond acceptors (Lipinski definition) is 4. The Morgan fingerprint density at radius 2 is 2.13 bits per heavy atom. The molecule has 1 aliphatic heterocycles. The third-order valence-electron chi connectivity index (χ3n) is 3.94. The van der Waals surface area contributed by atoms with E-state index in [-0.39, 0.29) is 17.6 Å². The number of benzene rings is 1. The van der Waals surface area contributed by atoms with Crippen LogP contribution < -0.4 is 5.32 Å². The van der Waals surface area contributed by atoms with Crippen LogP contribution in [-0.2, 0) is 17.9 Å². The minimum absolute atomic E-state index is 0.195. The molecule has 1 aromatic heterocycles. The number of carbonyl (C=O) groups is 2. The summed E-state index contributed by atoms with van der Waals surface area (Å²) in [4.78, 5) is 25.7. The molecule has 6 nitrogen and oxygen atoms in total. The summed E-state index contributed by atoms with van der Waals surface area (Å²) in [6.45, 7) is 3.54. The second-order valence-electron chi connectivity index (χ2n) is 5.70. The average molecular weight is 313 g/mol. The molecule has 0 bridgehead atoms. The van der Waals surface area contributed by atoms with E-state index in [0.29, 0.717) is 25.2 Å². The van der Waals surface area contributed by atoms with Gasteiger partial charge in [0.2, 0.25) is 11.7 Å². The average Bonchev–Trinajstić information content (AvgIpc) is 3.15. The first-order valence-corrected chi connectivity index (χ1v) is 7.69. The van der Waals surface area contributed by atoms with Gasteiger partial charge in [-0.25, -0.2) is 0 Å². The maximum atomic E-state index is 12.0. The van der Waals surface area contributed by atoms with Crippen molar-refractivity contribution in [2.24, 2.45) is 0 Å². The van der Waals surface area contributed by atoms with Crippen LogP contribution in [0.2, 0.25) is 0 Å². The van der Waals surface area contributed by atoms with Crippen LogP contribution in [0.25, 0.3) is 0 Å². The van der Waals surface area contributed by atoms with Gasteiger partial charge in [0, 0.05) is 32.1 Å². The molecule has 0 unspecified atom stereocenters. The molecule has 3 rings (SSSR count). The van der Waals surface area contributed by atoms with Crippen molar-refractivity contribution in [2.45, 2.75) is 32.9 Å². The molecule has 1 aromatic carbocycles. The molecule has 0 atom stereocenters. The molecule has 2 amide bonds. The smallest absolute Gasteiger partial charge is 0.290 e. The number of nitrogens with zero attached hydrogens (tertiary/aromatic N) is 2. The summed E-state index contributed by atoms with van der Waals surface area (Å²) in [6.07, 6.45) is 1.55. The molecular formula is C17H19N3O3. The van der Waals surface area contributed by atoms with Crippen LogP contribution in [0.4, 0.5) is 0 Å². The zero-order valence-electron chi connectivity index (χ0n) is 13.0. The quantitative estimate of drug-likeness (QED) is 0.916. The summed E-state index contributed by atoms with van der Waals surface area (Å²) >= 11 is 0. The summed E-state index contributed by atoms with van der Waals surface area (Å²) < 4.78 is 4.95. The van der Waals surface area contributed by atoms with Gasteiger partial charge < -0.3 is 14.7 Å². The highest BCUT2D eigenvalue weighted by molar-refractivity contribution is 5.91. The third kappa shape index (κ3) is 3.59. The van der Waals surface area contributed by atoms with E-state index in [2.05, 4.69) is 10.5 Å². The molecular weight excluding hydrogens is 294 g/mol. The highest BCUT2D eigenvalue weighted by Gasteiger charge is 2.21. The van der Waals surface area contributed by atoms with Gasteiger partial charge in [0.1, 0.15) is 0 Å². The molecule has 0 saturated carbocycles. The Bertz CT molecular complexity index is 723. The van der Waals surface area contributed by atoms with E-state index >= 15 is 0 Å². The molecule has 0 aliphatic carbocycles. The van der Waals surface area contributed by atoms with Gasteiger partial charge in [0.05, 0.1) is 5.69 Å². The number of rotatable bonds is 5. The summed E-state index contributed by atoms with van der Waals surface area (Å²) in [7, 11) is 0. The van der Waals surface area contributed by atoms with Gasteiger partial charge in [-0.3, -0.25) is 9.59 Å². The van der Waals surface area contributed by atoms with Crippen LogP contribution in [0, 0.1) is 6.92 Å². The van der Waals surface area contributed by atoms with Crippen LogP contribution in [-0.4, -0.2) is 28.4 Å². The lowest BCUT2D eigenvalue weighted by Crippen LogP contribution is -2.26. The highest BCUT2D eigenvalue weighted by atomic mass is 16.5. The molecule has 0 spiro atoms. The van der Waals surface area contributed by atoms with Gasteiger partial charge in [-0.05, 0) is 24.5 Å². The molecule has 1 saturated heterocycles. The van der Waals surface area contributed by atoms with Crippen molar-refractivity contribution in [1.29, 1.82) is 0 Å². The lowest BCUT2D eigenvalue weighted by Gasteiger charge is -2.18. The Labute approximate surface area is 134 Å². The van der Waals surface area contributed by atoms with E-state index in [1.165, 1.54) is 0 Å². The fraction of sp³-hybridized carbons (Fsp3) is 0.353. The van der Waals surface area contributed by atoms with Crippen LogP contribution in [0.15, 0.2) is 34.9 Å². The van der Waals surface area contributed by atoms with Crippen LogP contribution >= 0.6 is 0 Å². The first-order valence-electron chi connectivity index (χ1n) is 7.69. The monoisotopic (exact) mass is 313 g/mol. The molecule has 1 N–H and O–H groups in total. The Kier molecular flexibility index (Phi) is 4.41. The molecule has 1 fully saturated rings. The van der Waals surface area contributed by atoms with Crippen molar-refractivity contribution in [3.63, 3.8) is 0 Å². The number of aryl methyl sites for hydroxylation is 1. The van der Waals surface area contributed by atoms with Crippen molar-refractivity contribution in [1.82, 2.24) is 15.4 Å². The first-order chi connectivity index (χ1) is 11.1. The van der Waals surface area contributed by atoms with Gasteiger partial charge in [-0.15, -0.1) is 0 Å². The molecule has 2 heterocycles. The summed E-state index contributed by atoms with van der Waals surface area (Å²) in [6, 6.07) is 9.42. The van der Waals surface area contributed by atoms with Gasteiger partial charge in [0.25, 0.3) is 5.91 Å². The Morgan fingerprint density at radius 3 is 2.78 bits per heavy atom. The van der Waals surface area contributed by atoms with E-state index in [9.17, 15) is 9.59 Å². The number of hydrogen-bond donors (Lipinski definition) is 1. The molecule has 2 aromatic rings. The normalized spacial score (nSPS) is 14.3. The summed E-state index contributed by atoms with van der Waals surface area (Å²) in [5.74, 6) is 0.105. The Morgan fingerprint density at radius 1 is 1.35 bits per heavy atom. The van der Waals surface area contributed by atoms with Crippen LogP contribution in [0.1, 0.15) is 40.2 Å². The fourth-order valence-electron chi connectivity index (χ4n) is 2.69. The summed E-state index contributed by atoms with van der Waals surface area (Å²) in [5, 5.41) is 6.54. The van der Waals surface area contributed by atoms with E-state index in [1.54, 1.807) is 13.0 Å². The van der Waals surface area contributed by atoms with Crippen LogP contribution in [0.3, 0.4) is 0 Å². The number of amides is 2. The first kappa shape index (κ1) is 15.3. The van der Waals surface area contributed by atoms with E-state index < -0.39 is 0 Å². The Hall–Kier alpha value is -2.63. The molecule has 1 aliphatic rings. The van der Waals surface area contributed by atoms with Gasteiger partial charge >= 0.3 is 0 Å². The second-order valence-corrected chi connectivity index (χ2v) is 5.70. The SMILES string of the molecule is Cc1cc(C(=O)NCc2ccccc2CN2CCCC2=O)on1. The minimum Gasteiger partial charge on any atom is -0.351 e. The predicted octanol–water partition coefficient (Wildman–Crippen LogP) is 2.04. The number of likely N-dealkylation sites (tertiary alicyclic amines) is 1. The van der Waals surface area contributed by atoms with Gasteiger partial charge in [-0.1, -0.05) is 29.4 Å². The second kappa shape index (κ2) is 6.64. The maximum Gasteiger partial charge on any atom is 0.290 e. The topological polar surface area (TPSA) is 75.4 Å². The van der Waals surface area contributed by atoms with E-state index in [1.807, 2.05) is 29.2 Å². The van der Waals surface area contributed by atoms with Crippen molar-refractivity contribution in [3.8, 4) is 0 Å². The summed E-state index contributed by atoms with van der Waals surface area (Å²) in [5.41, 5.74) is 2.72. The highest BCUT2D eigenvalue weighted by Crippen LogP contribution is 2.17. The molecule has 6 heteroatoms. The predicted molar refractivity (Wildman–Crippen MR) is 83.5 cm³/mol. The lowest BCUT2D eigenvalue weighted by molar-refractivity contribution is -0.128. The molecule has 120 valence electrons. The zero-order chi connectivity index (χ0) is 16.2. The lowest BCUT2D eigenvalue weighted by atomic mass is 10.1. The largest absolute Gasteiger partial charge is 0.351 e. The van der Waals surface area contributed by atoms with Crippen molar-refractivity contribution < 1.29 is 14.1 Å². The van der Waals surface area contributed by atoms with Gasteiger partial charge in [-0.2, -0.15) is 0 Å². The molecule has 0 radical (unpaired) electrons. The molecule has 23 heavy (non-hydrogen) atoms. The standard InChI is InChI=1S/C17H19N3O3/c1-12-9-15(23-19-12)17(22)18-10-13-5-2-3-6-14(13)11-20-8-4-7-16(20)21/h2-3,5-6,9H,4,7-8,10-11H2,1H3,(H,18,22). The minimum atomic E-state index is -0.294. The Balaban J connectivity index is 1.65.